The summed E-state index contributed by atoms with van der Waals surface area (Å²) in [5, 5.41) is 11.8. The molecule has 4 heteroatoms. The van der Waals surface area contributed by atoms with Crippen molar-refractivity contribution in [2.75, 3.05) is 13.1 Å². The van der Waals surface area contributed by atoms with Crippen LogP contribution in [0.1, 0.15) is 51.9 Å². The minimum absolute atomic E-state index is 0.368. The number of nitrogens with zero attached hydrogens (tertiary/aromatic N) is 2. The highest BCUT2D eigenvalue weighted by Crippen LogP contribution is 2.37. The molecule has 2 fully saturated rings. The van der Waals surface area contributed by atoms with E-state index in [2.05, 4.69) is 17.0 Å². The Hall–Kier alpha value is -0.770. The molecule has 1 aliphatic heterocycles. The first-order chi connectivity index (χ1) is 8.74. The van der Waals surface area contributed by atoms with Crippen LogP contribution < -0.4 is 5.73 Å². The van der Waals surface area contributed by atoms with Crippen LogP contribution in [-0.2, 0) is 0 Å². The van der Waals surface area contributed by atoms with Crippen molar-refractivity contribution in [1.29, 1.82) is 0 Å². The zero-order valence-electron chi connectivity index (χ0n) is 11.5. The van der Waals surface area contributed by atoms with Crippen LogP contribution in [0.3, 0.4) is 0 Å². The smallest absolute Gasteiger partial charge is 0.140 e. The minimum atomic E-state index is 0.368. The standard InChI is InChI=1S/C14H27N3O/c1-2-13(9-14(15)16-18)17-8-7-11-5-3-4-6-12(11)10-17/h11-13,18H,2-10H2,1H3,(H2,15,16). The molecule has 4 nitrogen and oxygen atoms in total. The Morgan fingerprint density at radius 2 is 2.06 bits per heavy atom. The molecule has 0 bridgehead atoms. The first kappa shape index (κ1) is 13.7. The van der Waals surface area contributed by atoms with Crippen molar-refractivity contribution in [2.45, 2.75) is 57.9 Å². The molecule has 1 saturated carbocycles. The van der Waals surface area contributed by atoms with Gasteiger partial charge in [-0.3, -0.25) is 4.90 Å². The zero-order valence-corrected chi connectivity index (χ0v) is 11.5. The molecule has 0 aromatic heterocycles. The average Bonchev–Trinajstić information content (AvgIpc) is 2.44. The number of amidine groups is 1. The number of hydrogen-bond acceptors (Lipinski definition) is 3. The summed E-state index contributed by atoms with van der Waals surface area (Å²) in [6, 6.07) is 0.448. The van der Waals surface area contributed by atoms with Crippen molar-refractivity contribution in [1.82, 2.24) is 4.90 Å². The summed E-state index contributed by atoms with van der Waals surface area (Å²) in [6.07, 6.45) is 8.81. The van der Waals surface area contributed by atoms with Gasteiger partial charge in [-0.25, -0.2) is 0 Å². The fourth-order valence-electron chi connectivity index (χ4n) is 3.77. The van der Waals surface area contributed by atoms with Crippen molar-refractivity contribution in [3.8, 4) is 0 Å². The molecule has 3 atom stereocenters. The van der Waals surface area contributed by atoms with Crippen LogP contribution in [0.25, 0.3) is 0 Å². The van der Waals surface area contributed by atoms with E-state index in [-0.39, 0.29) is 0 Å². The fraction of sp³-hybridized carbons (Fsp3) is 0.929. The second kappa shape index (κ2) is 6.41. The predicted octanol–water partition coefficient (Wildman–Crippen LogP) is 2.41. The van der Waals surface area contributed by atoms with Gasteiger partial charge in [0, 0.05) is 19.0 Å². The number of piperidine rings is 1. The van der Waals surface area contributed by atoms with Gasteiger partial charge in [-0.05, 0) is 37.6 Å². The van der Waals surface area contributed by atoms with Gasteiger partial charge >= 0.3 is 0 Å². The predicted molar refractivity (Wildman–Crippen MR) is 73.7 cm³/mol. The summed E-state index contributed by atoms with van der Waals surface area (Å²) in [5.74, 6) is 2.23. The highest BCUT2D eigenvalue weighted by Gasteiger charge is 2.33. The third kappa shape index (κ3) is 3.16. The van der Waals surface area contributed by atoms with Crippen LogP contribution in [0, 0.1) is 11.8 Å². The van der Waals surface area contributed by atoms with Gasteiger partial charge in [0.1, 0.15) is 5.84 Å². The van der Waals surface area contributed by atoms with E-state index in [1.54, 1.807) is 0 Å². The molecule has 18 heavy (non-hydrogen) atoms. The Morgan fingerprint density at radius 3 is 2.72 bits per heavy atom. The molecule has 0 aromatic carbocycles. The van der Waals surface area contributed by atoms with Gasteiger partial charge in [-0.15, -0.1) is 0 Å². The van der Waals surface area contributed by atoms with Crippen molar-refractivity contribution in [3.05, 3.63) is 0 Å². The molecule has 1 aliphatic carbocycles. The van der Waals surface area contributed by atoms with E-state index in [0.717, 1.165) is 18.3 Å². The number of oxime groups is 1. The molecular weight excluding hydrogens is 226 g/mol. The van der Waals surface area contributed by atoms with Gasteiger partial charge in [0.25, 0.3) is 0 Å². The maximum absolute atomic E-state index is 8.71. The van der Waals surface area contributed by atoms with Crippen LogP contribution in [-0.4, -0.2) is 35.1 Å². The Kier molecular flexibility index (Phi) is 4.87. The van der Waals surface area contributed by atoms with Crippen LogP contribution in [0.4, 0.5) is 0 Å². The van der Waals surface area contributed by atoms with Crippen LogP contribution in [0.15, 0.2) is 5.16 Å². The van der Waals surface area contributed by atoms with Gasteiger partial charge in [0.05, 0.1) is 0 Å². The molecule has 104 valence electrons. The maximum atomic E-state index is 8.71. The number of rotatable bonds is 4. The minimum Gasteiger partial charge on any atom is -0.409 e. The Balaban J connectivity index is 1.91. The monoisotopic (exact) mass is 253 g/mol. The first-order valence-corrected chi connectivity index (χ1v) is 7.45. The molecular formula is C14H27N3O. The quantitative estimate of drug-likeness (QED) is 0.350. The Bertz CT molecular complexity index is 293. The third-order valence-electron chi connectivity index (χ3n) is 4.88. The molecule has 1 saturated heterocycles. The number of hydrogen-bond donors (Lipinski definition) is 2. The van der Waals surface area contributed by atoms with E-state index < -0.39 is 0 Å². The van der Waals surface area contributed by atoms with E-state index >= 15 is 0 Å². The fourth-order valence-corrected chi connectivity index (χ4v) is 3.77. The second-order valence-electron chi connectivity index (χ2n) is 5.95. The molecule has 0 spiro atoms. The van der Waals surface area contributed by atoms with Crippen molar-refractivity contribution >= 4 is 5.84 Å². The van der Waals surface area contributed by atoms with Gasteiger partial charge < -0.3 is 10.9 Å². The van der Waals surface area contributed by atoms with Crippen LogP contribution in [0.2, 0.25) is 0 Å². The molecule has 2 aliphatic rings. The molecule has 2 rings (SSSR count). The van der Waals surface area contributed by atoms with Gasteiger partial charge in [0.2, 0.25) is 0 Å². The van der Waals surface area contributed by atoms with E-state index in [1.165, 1.54) is 45.2 Å². The average molecular weight is 253 g/mol. The van der Waals surface area contributed by atoms with Crippen LogP contribution >= 0.6 is 0 Å². The molecule has 0 amide bonds. The lowest BCUT2D eigenvalue weighted by Crippen LogP contribution is -2.47. The topological polar surface area (TPSA) is 61.9 Å². The van der Waals surface area contributed by atoms with Crippen molar-refractivity contribution in [3.63, 3.8) is 0 Å². The summed E-state index contributed by atoms with van der Waals surface area (Å²) >= 11 is 0. The largest absolute Gasteiger partial charge is 0.409 e. The van der Waals surface area contributed by atoms with E-state index in [1.807, 2.05) is 0 Å². The van der Waals surface area contributed by atoms with Gasteiger partial charge in [-0.2, -0.15) is 0 Å². The van der Waals surface area contributed by atoms with E-state index in [4.69, 9.17) is 10.9 Å². The van der Waals surface area contributed by atoms with Crippen molar-refractivity contribution in [2.24, 2.45) is 22.7 Å². The van der Waals surface area contributed by atoms with Crippen LogP contribution in [0.5, 0.6) is 0 Å². The van der Waals surface area contributed by atoms with Crippen molar-refractivity contribution < 1.29 is 5.21 Å². The highest BCUT2D eigenvalue weighted by molar-refractivity contribution is 5.80. The zero-order chi connectivity index (χ0) is 13.0. The summed E-state index contributed by atoms with van der Waals surface area (Å²) in [5.41, 5.74) is 5.66. The SMILES string of the molecule is CCC(C/C(N)=N/O)N1CCC2CCCCC2C1. The summed E-state index contributed by atoms with van der Waals surface area (Å²) in [6.45, 7) is 4.61. The summed E-state index contributed by atoms with van der Waals surface area (Å²) in [4.78, 5) is 2.57. The lowest BCUT2D eigenvalue weighted by molar-refractivity contribution is 0.0570. The number of nitrogens with two attached hydrogens (primary N) is 1. The molecule has 3 N–H and O–H groups in total. The molecule has 3 unspecified atom stereocenters. The van der Waals surface area contributed by atoms with Gasteiger partial charge in [0.15, 0.2) is 0 Å². The normalized spacial score (nSPS) is 31.9. The van der Waals surface area contributed by atoms with E-state index in [0.29, 0.717) is 18.3 Å². The molecule has 1 heterocycles. The van der Waals surface area contributed by atoms with Gasteiger partial charge in [-0.1, -0.05) is 31.3 Å². The lowest BCUT2D eigenvalue weighted by Gasteiger charge is -2.44. The Morgan fingerprint density at radius 1 is 1.33 bits per heavy atom. The lowest BCUT2D eigenvalue weighted by atomic mass is 9.74. The number of fused-ring (bicyclic) bond motifs is 1. The Labute approximate surface area is 110 Å². The molecule has 0 radical (unpaired) electrons. The summed E-state index contributed by atoms with van der Waals surface area (Å²) in [7, 11) is 0. The molecule has 0 aromatic rings. The number of likely N-dealkylation sites (tertiary alicyclic amines) is 1. The third-order valence-corrected chi connectivity index (χ3v) is 4.88. The second-order valence-corrected chi connectivity index (χ2v) is 5.95. The highest BCUT2D eigenvalue weighted by atomic mass is 16.4. The first-order valence-electron chi connectivity index (χ1n) is 7.45. The van der Waals surface area contributed by atoms with E-state index in [9.17, 15) is 0 Å². The summed E-state index contributed by atoms with van der Waals surface area (Å²) < 4.78 is 0. The maximum Gasteiger partial charge on any atom is 0.140 e.